The summed E-state index contributed by atoms with van der Waals surface area (Å²) >= 11 is 1.83. The van der Waals surface area contributed by atoms with E-state index in [2.05, 4.69) is 176 Å². The first-order chi connectivity index (χ1) is 28.2. The van der Waals surface area contributed by atoms with Crippen molar-refractivity contribution in [1.82, 2.24) is 15.0 Å². The topological polar surface area (TPSA) is 38.7 Å². The molecule has 0 saturated heterocycles. The largest absolute Gasteiger partial charge is 0.208 e. The fourth-order valence-corrected chi connectivity index (χ4v) is 9.31. The Labute approximate surface area is 334 Å². The van der Waals surface area contributed by atoms with Gasteiger partial charge >= 0.3 is 0 Å². The van der Waals surface area contributed by atoms with Gasteiger partial charge in [-0.1, -0.05) is 188 Å². The van der Waals surface area contributed by atoms with Crippen LogP contribution in [0.5, 0.6) is 0 Å². The van der Waals surface area contributed by atoms with Gasteiger partial charge in [0.1, 0.15) is 0 Å². The lowest BCUT2D eigenvalue weighted by Gasteiger charge is -2.12. The smallest absolute Gasteiger partial charge is 0.164 e. The van der Waals surface area contributed by atoms with Crippen LogP contribution in [0.2, 0.25) is 0 Å². The van der Waals surface area contributed by atoms with Crippen molar-refractivity contribution >= 4 is 53.1 Å². The van der Waals surface area contributed by atoms with Crippen molar-refractivity contribution in [3.8, 4) is 67.5 Å². The number of nitrogens with zero attached hydrogens (tertiary/aromatic N) is 3. The van der Waals surface area contributed by atoms with E-state index in [1.807, 2.05) is 35.6 Å². The summed E-state index contributed by atoms with van der Waals surface area (Å²) in [6.07, 6.45) is 0. The van der Waals surface area contributed by atoms with Crippen LogP contribution in [-0.4, -0.2) is 15.0 Å². The van der Waals surface area contributed by atoms with Crippen LogP contribution in [0.3, 0.4) is 0 Å². The molecule has 0 amide bonds. The minimum Gasteiger partial charge on any atom is -0.208 e. The molecule has 57 heavy (non-hydrogen) atoms. The molecule has 9 aromatic carbocycles. The van der Waals surface area contributed by atoms with E-state index in [1.165, 1.54) is 64.1 Å². The highest BCUT2D eigenvalue weighted by molar-refractivity contribution is 7.26. The van der Waals surface area contributed by atoms with Gasteiger partial charge in [-0.25, -0.2) is 15.0 Å². The number of hydrogen-bond donors (Lipinski definition) is 0. The van der Waals surface area contributed by atoms with Gasteiger partial charge in [0.15, 0.2) is 17.5 Å². The Morgan fingerprint density at radius 1 is 0.281 bits per heavy atom. The Balaban J connectivity index is 1.02. The Morgan fingerprint density at radius 2 is 0.789 bits per heavy atom. The molecule has 0 bridgehead atoms. The molecule has 0 aliphatic rings. The molecule has 2 heterocycles. The Kier molecular flexibility index (Phi) is 8.01. The third-order valence-electron chi connectivity index (χ3n) is 11.0. The average molecular weight is 744 g/mol. The molecule has 0 spiro atoms. The zero-order valence-corrected chi connectivity index (χ0v) is 31.6. The normalized spacial score (nSPS) is 11.5. The van der Waals surface area contributed by atoms with Crippen molar-refractivity contribution in [2.45, 2.75) is 0 Å². The quantitative estimate of drug-likeness (QED) is 0.170. The van der Waals surface area contributed by atoms with Gasteiger partial charge in [-0.3, -0.25) is 0 Å². The molecule has 266 valence electrons. The van der Waals surface area contributed by atoms with Gasteiger partial charge in [0.05, 0.1) is 0 Å². The van der Waals surface area contributed by atoms with E-state index in [-0.39, 0.29) is 0 Å². The molecule has 0 unspecified atom stereocenters. The summed E-state index contributed by atoms with van der Waals surface area (Å²) in [6, 6.07) is 71.1. The zero-order valence-electron chi connectivity index (χ0n) is 30.8. The van der Waals surface area contributed by atoms with Gasteiger partial charge < -0.3 is 0 Å². The zero-order chi connectivity index (χ0) is 37.7. The highest BCUT2D eigenvalue weighted by atomic mass is 32.1. The molecule has 0 atom stereocenters. The van der Waals surface area contributed by atoms with E-state index in [9.17, 15) is 0 Å². The van der Waals surface area contributed by atoms with Crippen molar-refractivity contribution in [1.29, 1.82) is 0 Å². The van der Waals surface area contributed by atoms with Crippen LogP contribution in [0.15, 0.2) is 200 Å². The summed E-state index contributed by atoms with van der Waals surface area (Å²) in [5, 5.41) is 7.36. The van der Waals surface area contributed by atoms with Crippen LogP contribution in [0, 0.1) is 0 Å². The van der Waals surface area contributed by atoms with Crippen LogP contribution < -0.4 is 0 Å². The van der Waals surface area contributed by atoms with Gasteiger partial charge in [-0.2, -0.15) is 0 Å². The molecule has 3 nitrogen and oxygen atoms in total. The highest BCUT2D eigenvalue weighted by Crippen LogP contribution is 2.44. The molecular weight excluding hydrogens is 711 g/mol. The summed E-state index contributed by atoms with van der Waals surface area (Å²) in [7, 11) is 0. The van der Waals surface area contributed by atoms with Crippen molar-refractivity contribution in [2.24, 2.45) is 0 Å². The Bertz CT molecular complexity index is 3260. The molecule has 11 rings (SSSR count). The number of hydrogen-bond acceptors (Lipinski definition) is 4. The Hall–Kier alpha value is -7.27. The van der Waals surface area contributed by atoms with E-state index in [0.717, 1.165) is 27.6 Å². The van der Waals surface area contributed by atoms with Gasteiger partial charge in [0.25, 0.3) is 0 Å². The van der Waals surface area contributed by atoms with Gasteiger partial charge in [0, 0.05) is 36.9 Å². The van der Waals surface area contributed by atoms with Gasteiger partial charge in [-0.15, -0.1) is 11.3 Å². The summed E-state index contributed by atoms with van der Waals surface area (Å²) < 4.78 is 2.46. The maximum atomic E-state index is 5.19. The lowest BCUT2D eigenvalue weighted by Crippen LogP contribution is -2.00. The Morgan fingerprint density at radius 3 is 1.53 bits per heavy atom. The van der Waals surface area contributed by atoms with Crippen LogP contribution in [0.1, 0.15) is 0 Å². The third-order valence-corrected chi connectivity index (χ3v) is 12.1. The van der Waals surface area contributed by atoms with Crippen molar-refractivity contribution in [2.75, 3.05) is 0 Å². The number of aromatic nitrogens is 3. The van der Waals surface area contributed by atoms with E-state index in [4.69, 9.17) is 15.0 Å². The van der Waals surface area contributed by atoms with E-state index in [0.29, 0.717) is 17.5 Å². The molecule has 11 aromatic rings. The summed E-state index contributed by atoms with van der Waals surface area (Å²) in [5.74, 6) is 1.96. The maximum Gasteiger partial charge on any atom is 0.164 e. The molecule has 0 saturated carbocycles. The van der Waals surface area contributed by atoms with Crippen molar-refractivity contribution in [3.05, 3.63) is 200 Å². The predicted molar refractivity (Wildman–Crippen MR) is 240 cm³/mol. The molecular formula is C53H33N3S. The van der Waals surface area contributed by atoms with Crippen LogP contribution in [0.25, 0.3) is 109 Å². The second-order valence-electron chi connectivity index (χ2n) is 14.4. The first-order valence-corrected chi connectivity index (χ1v) is 20.0. The standard InChI is InChI=1S/C53H33N3S/c1-3-12-34(13-4-1)35-24-28-40(29-25-35)52-54-51(39-15-5-2-6-16-39)55-53(56-52)47-33-49-50(45-20-10-9-19-44(45)47)46-31-30-41(32-48(46)57-49)36-22-26-38(27-23-36)43-21-11-17-37-14-7-8-18-42(37)43/h1-33H. The lowest BCUT2D eigenvalue weighted by atomic mass is 9.95. The third kappa shape index (κ3) is 5.95. The molecule has 0 radical (unpaired) electrons. The van der Waals surface area contributed by atoms with Crippen LogP contribution in [-0.2, 0) is 0 Å². The molecule has 4 heteroatoms. The van der Waals surface area contributed by atoms with Crippen molar-refractivity contribution < 1.29 is 0 Å². The van der Waals surface area contributed by atoms with E-state index >= 15 is 0 Å². The molecule has 0 N–H and O–H groups in total. The van der Waals surface area contributed by atoms with Crippen LogP contribution >= 0.6 is 11.3 Å². The lowest BCUT2D eigenvalue weighted by molar-refractivity contribution is 1.08. The fraction of sp³-hybridized carbons (Fsp3) is 0. The number of thiophene rings is 1. The number of benzene rings is 9. The predicted octanol–water partition coefficient (Wildman–Crippen LogP) is 14.5. The SMILES string of the molecule is c1ccc(-c2ccc(-c3nc(-c4ccccc4)nc(-c4cc5sc6cc(-c7ccc(-c8cccc9ccccc89)cc7)ccc6c5c5ccccc45)n3)cc2)cc1. The molecule has 0 aliphatic heterocycles. The molecule has 0 fully saturated rings. The minimum atomic E-state index is 0.648. The molecule has 2 aromatic heterocycles. The number of fused-ring (bicyclic) bond motifs is 6. The highest BCUT2D eigenvalue weighted by Gasteiger charge is 2.19. The number of rotatable bonds is 6. The monoisotopic (exact) mass is 743 g/mol. The van der Waals surface area contributed by atoms with Crippen LogP contribution in [0.4, 0.5) is 0 Å². The second-order valence-corrected chi connectivity index (χ2v) is 15.5. The summed E-state index contributed by atoms with van der Waals surface area (Å²) in [5.41, 5.74) is 10.1. The van der Waals surface area contributed by atoms with E-state index < -0.39 is 0 Å². The maximum absolute atomic E-state index is 5.19. The first kappa shape index (κ1) is 33.1. The van der Waals surface area contributed by atoms with Gasteiger partial charge in [0.2, 0.25) is 0 Å². The van der Waals surface area contributed by atoms with Crippen molar-refractivity contribution in [3.63, 3.8) is 0 Å². The second kappa shape index (κ2) is 13.8. The fourth-order valence-electron chi connectivity index (χ4n) is 8.11. The average Bonchev–Trinajstić information content (AvgIpc) is 3.67. The minimum absolute atomic E-state index is 0.648. The van der Waals surface area contributed by atoms with E-state index in [1.54, 1.807) is 0 Å². The van der Waals surface area contributed by atoms with Gasteiger partial charge in [-0.05, 0) is 67.1 Å². The summed E-state index contributed by atoms with van der Waals surface area (Å²) in [6.45, 7) is 0. The molecule has 0 aliphatic carbocycles. The summed E-state index contributed by atoms with van der Waals surface area (Å²) in [4.78, 5) is 15.4. The first-order valence-electron chi connectivity index (χ1n) is 19.2.